The van der Waals surface area contributed by atoms with Gasteiger partial charge in [-0.3, -0.25) is 4.79 Å². The molecule has 7 nitrogen and oxygen atoms in total. The lowest BCUT2D eigenvalue weighted by atomic mass is 10.2. The molecule has 1 aliphatic rings. The Balaban J connectivity index is 1.37. The molecule has 1 saturated heterocycles. The molecule has 8 heteroatoms. The predicted molar refractivity (Wildman–Crippen MR) is 105 cm³/mol. The molecule has 0 N–H and O–H groups in total. The first-order chi connectivity index (χ1) is 13.7. The van der Waals surface area contributed by atoms with E-state index in [1.165, 1.54) is 11.8 Å². The third kappa shape index (κ3) is 4.17. The number of methoxy groups -OCH3 is 1. The molecule has 28 heavy (non-hydrogen) atoms. The molecule has 3 heterocycles. The van der Waals surface area contributed by atoms with Gasteiger partial charge in [0.15, 0.2) is 0 Å². The maximum absolute atomic E-state index is 12.4. The van der Waals surface area contributed by atoms with Gasteiger partial charge in [-0.2, -0.15) is 4.98 Å². The van der Waals surface area contributed by atoms with Gasteiger partial charge >= 0.3 is 0 Å². The van der Waals surface area contributed by atoms with Gasteiger partial charge in [0.1, 0.15) is 5.75 Å². The number of hydrogen-bond acceptors (Lipinski definition) is 7. The SMILES string of the molecule is COc1cccc(-c2noc(CSc3ccc(C(=O)N4CCCC4)cn3)n2)c1. The first-order valence-electron chi connectivity index (χ1n) is 9.08. The van der Waals surface area contributed by atoms with Crippen LogP contribution in [0.4, 0.5) is 0 Å². The molecule has 0 bridgehead atoms. The molecule has 0 atom stereocenters. The minimum absolute atomic E-state index is 0.0568. The van der Waals surface area contributed by atoms with Crippen molar-refractivity contribution in [1.29, 1.82) is 0 Å². The highest BCUT2D eigenvalue weighted by Gasteiger charge is 2.19. The third-order valence-corrected chi connectivity index (χ3v) is 5.44. The second kappa shape index (κ2) is 8.43. The summed E-state index contributed by atoms with van der Waals surface area (Å²) in [6.45, 7) is 1.67. The Kier molecular flexibility index (Phi) is 5.57. The quantitative estimate of drug-likeness (QED) is 0.588. The Morgan fingerprint density at radius 1 is 1.25 bits per heavy atom. The predicted octanol–water partition coefficient (Wildman–Crippen LogP) is 3.67. The van der Waals surface area contributed by atoms with Crippen LogP contribution in [0.1, 0.15) is 29.1 Å². The standard InChI is InChI=1S/C20H20N4O3S/c1-26-16-6-4-5-14(11-16)19-22-17(27-23-19)13-28-18-8-7-15(12-21-18)20(25)24-9-2-3-10-24/h4-8,11-12H,2-3,9-10,13H2,1H3. The molecule has 0 saturated carbocycles. The molecule has 3 aromatic rings. The van der Waals surface area contributed by atoms with E-state index in [2.05, 4.69) is 15.1 Å². The molecule has 0 unspecified atom stereocenters. The second-order valence-corrected chi connectivity index (χ2v) is 7.41. The van der Waals surface area contributed by atoms with Crippen LogP contribution in [0.2, 0.25) is 0 Å². The number of nitrogens with zero attached hydrogens (tertiary/aromatic N) is 4. The molecule has 4 rings (SSSR count). The lowest BCUT2D eigenvalue weighted by molar-refractivity contribution is 0.0792. The molecule has 1 fully saturated rings. The van der Waals surface area contributed by atoms with Gasteiger partial charge < -0.3 is 14.2 Å². The van der Waals surface area contributed by atoms with Crippen LogP contribution in [-0.2, 0) is 5.75 Å². The van der Waals surface area contributed by atoms with E-state index in [1.807, 2.05) is 41.3 Å². The van der Waals surface area contributed by atoms with Gasteiger partial charge in [-0.15, -0.1) is 0 Å². The number of aromatic nitrogens is 3. The average molecular weight is 396 g/mol. The third-order valence-electron chi connectivity index (χ3n) is 4.52. The fourth-order valence-electron chi connectivity index (χ4n) is 3.02. The highest BCUT2D eigenvalue weighted by molar-refractivity contribution is 7.98. The maximum Gasteiger partial charge on any atom is 0.255 e. The minimum Gasteiger partial charge on any atom is -0.497 e. The number of hydrogen-bond donors (Lipinski definition) is 0. The first-order valence-corrected chi connectivity index (χ1v) is 10.1. The highest BCUT2D eigenvalue weighted by Crippen LogP contribution is 2.24. The van der Waals surface area contributed by atoms with Crippen molar-refractivity contribution >= 4 is 17.7 Å². The van der Waals surface area contributed by atoms with Gasteiger partial charge in [-0.25, -0.2) is 4.98 Å². The number of carbonyl (C=O) groups excluding carboxylic acids is 1. The molecular formula is C20H20N4O3S. The van der Waals surface area contributed by atoms with Crippen LogP contribution in [-0.4, -0.2) is 46.1 Å². The number of ether oxygens (including phenoxy) is 1. The van der Waals surface area contributed by atoms with Crippen LogP contribution in [0.3, 0.4) is 0 Å². The topological polar surface area (TPSA) is 81.4 Å². The zero-order valence-corrected chi connectivity index (χ0v) is 16.3. The van der Waals surface area contributed by atoms with Crippen molar-refractivity contribution in [2.75, 3.05) is 20.2 Å². The van der Waals surface area contributed by atoms with Crippen molar-refractivity contribution in [3.05, 3.63) is 54.0 Å². The summed E-state index contributed by atoms with van der Waals surface area (Å²) in [5.74, 6) is 2.34. The van der Waals surface area contributed by atoms with E-state index in [1.54, 1.807) is 13.3 Å². The van der Waals surface area contributed by atoms with Crippen molar-refractivity contribution in [2.45, 2.75) is 23.6 Å². The van der Waals surface area contributed by atoms with Crippen LogP contribution < -0.4 is 4.74 Å². The largest absolute Gasteiger partial charge is 0.497 e. The van der Waals surface area contributed by atoms with Gasteiger partial charge in [0.25, 0.3) is 5.91 Å². The van der Waals surface area contributed by atoms with Crippen LogP contribution >= 0.6 is 11.8 Å². The van der Waals surface area contributed by atoms with E-state index < -0.39 is 0 Å². The van der Waals surface area contributed by atoms with Crippen molar-refractivity contribution in [2.24, 2.45) is 0 Å². The Bertz CT molecular complexity index is 952. The summed E-state index contributed by atoms with van der Waals surface area (Å²) >= 11 is 1.49. The molecule has 0 spiro atoms. The zero-order valence-electron chi connectivity index (χ0n) is 15.5. The van der Waals surface area contributed by atoms with Gasteiger partial charge in [0.2, 0.25) is 11.7 Å². The van der Waals surface area contributed by atoms with Gasteiger partial charge in [-0.1, -0.05) is 29.1 Å². The van der Waals surface area contributed by atoms with E-state index in [-0.39, 0.29) is 5.91 Å². The second-order valence-electron chi connectivity index (χ2n) is 6.42. The van der Waals surface area contributed by atoms with Crippen molar-refractivity contribution in [3.8, 4) is 17.1 Å². The molecule has 1 aliphatic heterocycles. The average Bonchev–Trinajstić information content (AvgIpc) is 3.44. The number of pyridine rings is 1. The van der Waals surface area contributed by atoms with E-state index in [0.717, 1.165) is 42.3 Å². The Hall–Kier alpha value is -2.87. The Morgan fingerprint density at radius 3 is 2.86 bits per heavy atom. The molecule has 1 amide bonds. The molecule has 1 aromatic carbocycles. The summed E-state index contributed by atoms with van der Waals surface area (Å²) < 4.78 is 10.6. The van der Waals surface area contributed by atoms with Crippen molar-refractivity contribution in [3.63, 3.8) is 0 Å². The number of benzene rings is 1. The normalized spacial score (nSPS) is 13.7. The summed E-state index contributed by atoms with van der Waals surface area (Å²) in [6.07, 6.45) is 3.79. The number of rotatable bonds is 6. The monoisotopic (exact) mass is 396 g/mol. The van der Waals surface area contributed by atoms with Gasteiger partial charge in [0.05, 0.1) is 23.5 Å². The number of carbonyl (C=O) groups is 1. The first kappa shape index (κ1) is 18.5. The zero-order chi connectivity index (χ0) is 19.3. The summed E-state index contributed by atoms with van der Waals surface area (Å²) in [4.78, 5) is 23.0. The van der Waals surface area contributed by atoms with E-state index >= 15 is 0 Å². The number of likely N-dealkylation sites (tertiary alicyclic amines) is 1. The minimum atomic E-state index is 0.0568. The van der Waals surface area contributed by atoms with Crippen LogP contribution in [0.5, 0.6) is 5.75 Å². The maximum atomic E-state index is 12.4. The Morgan fingerprint density at radius 2 is 2.11 bits per heavy atom. The van der Waals surface area contributed by atoms with E-state index in [0.29, 0.717) is 23.0 Å². The van der Waals surface area contributed by atoms with Gasteiger partial charge in [0, 0.05) is 24.8 Å². The molecule has 0 radical (unpaired) electrons. The molecule has 144 valence electrons. The van der Waals surface area contributed by atoms with Crippen LogP contribution in [0.25, 0.3) is 11.4 Å². The Labute approximate surface area is 167 Å². The molecular weight excluding hydrogens is 376 g/mol. The lowest BCUT2D eigenvalue weighted by Gasteiger charge is -2.14. The number of thioether (sulfide) groups is 1. The van der Waals surface area contributed by atoms with Crippen LogP contribution in [0.15, 0.2) is 52.1 Å². The van der Waals surface area contributed by atoms with E-state index in [9.17, 15) is 4.79 Å². The highest BCUT2D eigenvalue weighted by atomic mass is 32.2. The summed E-state index contributed by atoms with van der Waals surface area (Å²) in [5.41, 5.74) is 1.46. The fourth-order valence-corrected chi connectivity index (χ4v) is 3.70. The smallest absolute Gasteiger partial charge is 0.255 e. The van der Waals surface area contributed by atoms with Crippen LogP contribution in [0, 0.1) is 0 Å². The molecule has 2 aromatic heterocycles. The molecule has 0 aliphatic carbocycles. The number of amides is 1. The van der Waals surface area contributed by atoms with Gasteiger partial charge in [-0.05, 0) is 37.1 Å². The van der Waals surface area contributed by atoms with Crippen molar-refractivity contribution < 1.29 is 14.1 Å². The summed E-state index contributed by atoms with van der Waals surface area (Å²) in [5, 5.41) is 4.83. The van der Waals surface area contributed by atoms with Crippen molar-refractivity contribution in [1.82, 2.24) is 20.0 Å². The summed E-state index contributed by atoms with van der Waals surface area (Å²) in [7, 11) is 1.62. The summed E-state index contributed by atoms with van der Waals surface area (Å²) in [6, 6.07) is 11.2. The fraction of sp³-hybridized carbons (Fsp3) is 0.300. The van der Waals surface area contributed by atoms with E-state index in [4.69, 9.17) is 9.26 Å². The lowest BCUT2D eigenvalue weighted by Crippen LogP contribution is -2.27.